The number of aromatic nitrogens is 2. The topological polar surface area (TPSA) is 86.1 Å². The molecule has 6 rings (SSSR count). The number of morpholine rings is 1. The number of methoxy groups -OCH3 is 2. The van der Waals surface area contributed by atoms with Gasteiger partial charge in [0.2, 0.25) is 11.8 Å². The minimum absolute atomic E-state index is 0.127. The Hall–Kier alpha value is -4.35. The third-order valence-electron chi connectivity index (χ3n) is 7.57. The van der Waals surface area contributed by atoms with Crippen molar-refractivity contribution in [3.05, 3.63) is 89.7 Å². The highest BCUT2D eigenvalue weighted by Gasteiger charge is 2.38. The molecule has 0 saturated carbocycles. The summed E-state index contributed by atoms with van der Waals surface area (Å²) in [6.07, 6.45) is 0. The largest absolute Gasteiger partial charge is 0.493 e. The number of carbonyl (C=O) groups excluding carboxylic acids is 2. The van der Waals surface area contributed by atoms with Gasteiger partial charge in [-0.15, -0.1) is 11.8 Å². The third-order valence-corrected chi connectivity index (χ3v) is 8.83. The van der Waals surface area contributed by atoms with Crippen LogP contribution < -0.4 is 14.4 Å². The van der Waals surface area contributed by atoms with Gasteiger partial charge < -0.3 is 19.1 Å². The summed E-state index contributed by atoms with van der Waals surface area (Å²) in [4.78, 5) is 30.8. The first kappa shape index (κ1) is 28.8. The number of fused-ring (bicyclic) bond motifs is 1. The molecule has 0 radical (unpaired) electrons. The predicted molar refractivity (Wildman–Crippen MR) is 163 cm³/mol. The molecule has 2 aliphatic heterocycles. The van der Waals surface area contributed by atoms with Crippen molar-refractivity contribution in [3.63, 3.8) is 0 Å². The van der Waals surface area contributed by atoms with Crippen LogP contribution in [-0.2, 0) is 14.3 Å². The number of nitrogens with zero attached hydrogens (tertiary/aromatic N) is 4. The van der Waals surface area contributed by atoms with Gasteiger partial charge in [0.15, 0.2) is 11.5 Å². The number of hydrogen-bond acceptors (Lipinski definition) is 7. The number of thioether (sulfide) groups is 1. The van der Waals surface area contributed by atoms with Gasteiger partial charge in [-0.3, -0.25) is 14.5 Å². The van der Waals surface area contributed by atoms with Crippen LogP contribution in [-0.4, -0.2) is 79.3 Å². The van der Waals surface area contributed by atoms with E-state index >= 15 is 0 Å². The molecule has 1 aromatic heterocycles. The van der Waals surface area contributed by atoms with E-state index in [4.69, 9.17) is 19.3 Å². The van der Waals surface area contributed by atoms with Crippen LogP contribution in [0.2, 0.25) is 0 Å². The highest BCUT2D eigenvalue weighted by atomic mass is 32.2. The van der Waals surface area contributed by atoms with E-state index < -0.39 is 0 Å². The number of amides is 2. The Labute approximate surface area is 253 Å². The summed E-state index contributed by atoms with van der Waals surface area (Å²) in [7, 11) is 3.16. The summed E-state index contributed by atoms with van der Waals surface area (Å²) in [5.74, 6) is 0.959. The Bertz CT molecular complexity index is 1620. The van der Waals surface area contributed by atoms with E-state index in [2.05, 4.69) is 0 Å². The van der Waals surface area contributed by atoms with Crippen molar-refractivity contribution >= 4 is 29.4 Å². The highest BCUT2D eigenvalue weighted by molar-refractivity contribution is 8.00. The zero-order valence-corrected chi connectivity index (χ0v) is 24.7. The fourth-order valence-electron chi connectivity index (χ4n) is 5.42. The summed E-state index contributed by atoms with van der Waals surface area (Å²) < 4.78 is 32.2. The second-order valence-electron chi connectivity index (χ2n) is 10.1. The van der Waals surface area contributed by atoms with E-state index in [0.717, 1.165) is 16.7 Å². The number of hydrogen-bond donors (Lipinski definition) is 0. The average Bonchev–Trinajstić information content (AvgIpc) is 3.38. The molecule has 1 fully saturated rings. The van der Waals surface area contributed by atoms with Crippen molar-refractivity contribution in [2.24, 2.45) is 0 Å². The normalized spacial score (nSPS) is 16.9. The van der Waals surface area contributed by atoms with E-state index in [1.54, 1.807) is 35.9 Å². The number of halogens is 1. The molecule has 3 aromatic carbocycles. The first-order valence-corrected chi connectivity index (χ1v) is 15.0. The number of anilines is 1. The monoisotopic (exact) mass is 602 g/mol. The summed E-state index contributed by atoms with van der Waals surface area (Å²) in [6, 6.07) is 21.4. The lowest BCUT2D eigenvalue weighted by Gasteiger charge is -2.30. The van der Waals surface area contributed by atoms with Crippen LogP contribution in [0.1, 0.15) is 16.4 Å². The molecule has 1 saturated heterocycles. The molecule has 3 heterocycles. The van der Waals surface area contributed by atoms with Crippen LogP contribution in [0.25, 0.3) is 16.9 Å². The van der Waals surface area contributed by atoms with Crippen LogP contribution in [0, 0.1) is 5.82 Å². The van der Waals surface area contributed by atoms with E-state index in [0.29, 0.717) is 55.0 Å². The van der Waals surface area contributed by atoms with Crippen molar-refractivity contribution < 1.29 is 28.2 Å². The van der Waals surface area contributed by atoms with Crippen LogP contribution >= 0.6 is 11.8 Å². The van der Waals surface area contributed by atoms with Crippen LogP contribution in [0.15, 0.2) is 72.8 Å². The van der Waals surface area contributed by atoms with E-state index in [1.807, 2.05) is 48.5 Å². The van der Waals surface area contributed by atoms with Gasteiger partial charge in [-0.25, -0.2) is 9.07 Å². The Kier molecular flexibility index (Phi) is 8.35. The lowest BCUT2D eigenvalue weighted by Crippen LogP contribution is -2.48. The summed E-state index contributed by atoms with van der Waals surface area (Å²) in [5.41, 5.74) is 3.72. The van der Waals surface area contributed by atoms with Crippen molar-refractivity contribution in [1.29, 1.82) is 0 Å². The summed E-state index contributed by atoms with van der Waals surface area (Å²) in [6.45, 7) is 1.67. The minimum Gasteiger partial charge on any atom is -0.493 e. The molecule has 4 aromatic rings. The van der Waals surface area contributed by atoms with Crippen LogP contribution in [0.4, 0.5) is 10.2 Å². The fraction of sp³-hybridized carbons (Fsp3) is 0.281. The van der Waals surface area contributed by atoms with Gasteiger partial charge in [0.25, 0.3) is 0 Å². The first-order valence-electron chi connectivity index (χ1n) is 13.9. The molecule has 43 heavy (non-hydrogen) atoms. The Balaban J connectivity index is 1.58. The van der Waals surface area contributed by atoms with Crippen LogP contribution in [0.5, 0.6) is 11.5 Å². The Morgan fingerprint density at radius 1 is 1.00 bits per heavy atom. The first-order chi connectivity index (χ1) is 21.0. The van der Waals surface area contributed by atoms with Gasteiger partial charge in [-0.2, -0.15) is 5.10 Å². The number of benzene rings is 3. The molecule has 0 N–H and O–H groups in total. The van der Waals surface area contributed by atoms with Crippen molar-refractivity contribution in [2.75, 3.05) is 57.7 Å². The van der Waals surface area contributed by atoms with E-state index in [1.165, 1.54) is 28.8 Å². The molecule has 9 nitrogen and oxygen atoms in total. The summed E-state index contributed by atoms with van der Waals surface area (Å²) in [5, 5.41) is 4.69. The maximum atomic E-state index is 14.0. The second-order valence-corrected chi connectivity index (χ2v) is 11.2. The van der Waals surface area contributed by atoms with Crippen molar-refractivity contribution in [2.45, 2.75) is 5.25 Å². The molecule has 1 atom stereocenters. The number of rotatable bonds is 7. The smallest absolute Gasteiger partial charge is 0.242 e. The number of carbonyl (C=O) groups is 2. The standard InChI is InChI=1S/C32H31FN4O5S/c1-40-25-13-8-22(18-26(25)41-2)31-29-30(21-6-4-3-5-7-21)34-37(24-11-9-23(33)10-12-24)32(29)36(28(39)20-43-31)19-27(38)35-14-16-42-17-15-35/h3-13,18,31H,14-17,19-20H2,1-2H3. The molecule has 2 aliphatic rings. The maximum Gasteiger partial charge on any atom is 0.242 e. The minimum atomic E-state index is -0.389. The van der Waals surface area contributed by atoms with E-state index in [-0.39, 0.29) is 35.2 Å². The Morgan fingerprint density at radius 2 is 1.72 bits per heavy atom. The molecule has 0 bridgehead atoms. The van der Waals surface area contributed by atoms with Gasteiger partial charge in [-0.1, -0.05) is 36.4 Å². The fourth-order valence-corrected chi connectivity index (χ4v) is 6.61. The zero-order valence-electron chi connectivity index (χ0n) is 23.9. The van der Waals surface area contributed by atoms with Crippen LogP contribution in [0.3, 0.4) is 0 Å². The molecule has 222 valence electrons. The quantitative estimate of drug-likeness (QED) is 0.303. The van der Waals surface area contributed by atoms with Crippen molar-refractivity contribution in [3.8, 4) is 28.4 Å². The second kappa shape index (κ2) is 12.5. The molecule has 0 aliphatic carbocycles. The highest BCUT2D eigenvalue weighted by Crippen LogP contribution is 2.49. The molecular formula is C32H31FN4O5S. The molecule has 0 spiro atoms. The molecule has 11 heteroatoms. The molecule has 2 amide bonds. The lowest BCUT2D eigenvalue weighted by atomic mass is 9.99. The van der Waals surface area contributed by atoms with Gasteiger partial charge >= 0.3 is 0 Å². The molecular weight excluding hydrogens is 571 g/mol. The van der Waals surface area contributed by atoms with Crippen molar-refractivity contribution in [1.82, 2.24) is 14.7 Å². The Morgan fingerprint density at radius 3 is 2.42 bits per heavy atom. The van der Waals surface area contributed by atoms with Gasteiger partial charge in [0.1, 0.15) is 18.2 Å². The van der Waals surface area contributed by atoms with Gasteiger partial charge in [0, 0.05) is 24.2 Å². The third kappa shape index (κ3) is 5.70. The predicted octanol–water partition coefficient (Wildman–Crippen LogP) is 4.72. The lowest BCUT2D eigenvalue weighted by molar-refractivity contribution is -0.134. The SMILES string of the molecule is COc1ccc(C2SCC(=O)N(CC(=O)N3CCOCC3)c3c2c(-c2ccccc2)nn3-c2ccc(F)cc2)cc1OC. The average molecular weight is 603 g/mol. The van der Waals surface area contributed by atoms with Gasteiger partial charge in [0.05, 0.1) is 49.8 Å². The van der Waals surface area contributed by atoms with E-state index in [9.17, 15) is 14.0 Å². The molecule has 1 unspecified atom stereocenters. The van der Waals surface area contributed by atoms with Gasteiger partial charge in [-0.05, 0) is 42.0 Å². The number of ether oxygens (including phenoxy) is 3. The maximum absolute atomic E-state index is 14.0. The zero-order chi connectivity index (χ0) is 29.9. The summed E-state index contributed by atoms with van der Waals surface area (Å²) >= 11 is 1.46.